The van der Waals surface area contributed by atoms with Crippen molar-refractivity contribution in [3.05, 3.63) is 82.3 Å². The number of benzene rings is 2. The molecular formula is C26H28N6O2S2. The molecule has 0 bridgehead atoms. The zero-order valence-electron chi connectivity index (χ0n) is 19.8. The molecule has 5 rings (SSSR count). The summed E-state index contributed by atoms with van der Waals surface area (Å²) in [5.74, 6) is 0.432. The second-order valence-corrected chi connectivity index (χ2v) is 10.3. The summed E-state index contributed by atoms with van der Waals surface area (Å²) in [7, 11) is 0. The lowest BCUT2D eigenvalue weighted by atomic mass is 9.90. The van der Waals surface area contributed by atoms with Crippen molar-refractivity contribution in [3.8, 4) is 0 Å². The molecule has 2 aromatic heterocycles. The second kappa shape index (κ2) is 13.6. The predicted octanol–water partition coefficient (Wildman–Crippen LogP) is 5.49. The third-order valence-corrected chi connectivity index (χ3v) is 7.27. The summed E-state index contributed by atoms with van der Waals surface area (Å²) in [5, 5.41) is 23.5. The molecule has 1 aliphatic carbocycles. The molecular weight excluding hydrogens is 492 g/mol. The summed E-state index contributed by atoms with van der Waals surface area (Å²) in [4.78, 5) is 23.5. The van der Waals surface area contributed by atoms with Crippen LogP contribution in [0.5, 0.6) is 0 Å². The Morgan fingerprint density at radius 1 is 0.750 bits per heavy atom. The van der Waals surface area contributed by atoms with Gasteiger partial charge in [-0.2, -0.15) is 0 Å². The van der Waals surface area contributed by atoms with Gasteiger partial charge < -0.3 is 10.6 Å². The number of hydrogen-bond donors (Lipinski definition) is 2. The lowest BCUT2D eigenvalue weighted by Gasteiger charge is -2.18. The average molecular weight is 521 g/mol. The summed E-state index contributed by atoms with van der Waals surface area (Å²) < 4.78 is 0. The molecule has 2 aromatic carbocycles. The van der Waals surface area contributed by atoms with Gasteiger partial charge in [-0.25, -0.2) is 0 Å². The molecule has 0 unspecified atom stereocenters. The van der Waals surface area contributed by atoms with E-state index in [0.717, 1.165) is 16.1 Å². The molecule has 0 aliphatic heterocycles. The van der Waals surface area contributed by atoms with Gasteiger partial charge in [0, 0.05) is 5.92 Å². The van der Waals surface area contributed by atoms with E-state index in [1.54, 1.807) is 5.51 Å². The fraction of sp³-hybridized carbons (Fsp3) is 0.308. The lowest BCUT2D eigenvalue weighted by molar-refractivity contribution is -0.116. The van der Waals surface area contributed by atoms with Gasteiger partial charge in [0.05, 0.1) is 12.8 Å². The van der Waals surface area contributed by atoms with E-state index >= 15 is 0 Å². The molecule has 0 spiro atoms. The van der Waals surface area contributed by atoms with Crippen molar-refractivity contribution >= 4 is 44.8 Å². The first-order valence-electron chi connectivity index (χ1n) is 11.9. The molecule has 36 heavy (non-hydrogen) atoms. The Kier molecular flexibility index (Phi) is 9.63. The minimum Gasteiger partial charge on any atom is -0.300 e. The van der Waals surface area contributed by atoms with Crippen LogP contribution in [-0.2, 0) is 22.4 Å². The molecule has 1 aliphatic rings. The Morgan fingerprint density at radius 2 is 1.33 bits per heavy atom. The summed E-state index contributed by atoms with van der Waals surface area (Å²) in [5.41, 5.74) is 3.57. The largest absolute Gasteiger partial charge is 0.300 e. The van der Waals surface area contributed by atoms with Gasteiger partial charge in [-0.05, 0) is 24.0 Å². The van der Waals surface area contributed by atoms with Gasteiger partial charge in [0.15, 0.2) is 0 Å². The SMILES string of the molecule is O=C(Cc1ccccc1)Nc1nnc(C2CCCCC2)s1.O=C(Cc1ccccc1)Nc1nncs1. The number of rotatable bonds is 7. The minimum absolute atomic E-state index is 0.0347. The highest BCUT2D eigenvalue weighted by Gasteiger charge is 2.20. The van der Waals surface area contributed by atoms with Crippen molar-refractivity contribution in [1.82, 2.24) is 20.4 Å². The first-order valence-corrected chi connectivity index (χ1v) is 13.6. The maximum Gasteiger partial charge on any atom is 0.230 e. The molecule has 2 heterocycles. The van der Waals surface area contributed by atoms with Gasteiger partial charge in [0.25, 0.3) is 0 Å². The first kappa shape index (κ1) is 25.6. The molecule has 2 amide bonds. The highest BCUT2D eigenvalue weighted by Crippen LogP contribution is 2.35. The van der Waals surface area contributed by atoms with Crippen molar-refractivity contribution in [2.75, 3.05) is 10.6 Å². The van der Waals surface area contributed by atoms with Gasteiger partial charge >= 0.3 is 0 Å². The van der Waals surface area contributed by atoms with Gasteiger partial charge in [-0.3, -0.25) is 9.59 Å². The zero-order valence-corrected chi connectivity index (χ0v) is 21.4. The maximum absolute atomic E-state index is 12.0. The van der Waals surface area contributed by atoms with E-state index in [1.165, 1.54) is 54.8 Å². The Bertz CT molecular complexity index is 1210. The number of nitrogens with one attached hydrogen (secondary N) is 2. The van der Waals surface area contributed by atoms with Gasteiger partial charge in [-0.15, -0.1) is 20.4 Å². The number of amides is 2. The highest BCUT2D eigenvalue weighted by molar-refractivity contribution is 7.15. The lowest BCUT2D eigenvalue weighted by Crippen LogP contribution is -2.14. The maximum atomic E-state index is 12.0. The van der Waals surface area contributed by atoms with Crippen LogP contribution in [0.2, 0.25) is 0 Å². The smallest absolute Gasteiger partial charge is 0.230 e. The summed E-state index contributed by atoms with van der Waals surface area (Å²) in [6.07, 6.45) is 7.02. The molecule has 1 fully saturated rings. The van der Waals surface area contributed by atoms with Crippen molar-refractivity contribution in [1.29, 1.82) is 0 Å². The second-order valence-electron chi connectivity index (χ2n) is 8.45. The zero-order chi connectivity index (χ0) is 25.0. The van der Waals surface area contributed by atoms with Crippen LogP contribution in [-0.4, -0.2) is 32.2 Å². The first-order chi connectivity index (χ1) is 17.7. The molecule has 8 nitrogen and oxygen atoms in total. The van der Waals surface area contributed by atoms with Crippen molar-refractivity contribution < 1.29 is 9.59 Å². The molecule has 1 saturated carbocycles. The number of carbonyl (C=O) groups is 2. The van der Waals surface area contributed by atoms with Crippen LogP contribution >= 0.6 is 22.7 Å². The number of anilines is 2. The third-order valence-electron chi connectivity index (χ3n) is 5.66. The molecule has 0 saturated heterocycles. The third kappa shape index (κ3) is 8.31. The fourth-order valence-electron chi connectivity index (χ4n) is 3.92. The summed E-state index contributed by atoms with van der Waals surface area (Å²) >= 11 is 2.83. The van der Waals surface area contributed by atoms with Crippen LogP contribution in [0.25, 0.3) is 0 Å². The number of aromatic nitrogens is 4. The number of hydrogen-bond acceptors (Lipinski definition) is 8. The van der Waals surface area contributed by atoms with Crippen molar-refractivity contribution in [2.45, 2.75) is 50.9 Å². The van der Waals surface area contributed by atoms with Crippen LogP contribution < -0.4 is 10.6 Å². The standard InChI is InChI=1S/C16H19N3OS.C10H9N3OS/c20-14(11-12-7-3-1-4-8-12)17-16-19-18-15(21-16)13-9-5-2-6-10-13;14-9(12-10-13-11-7-15-10)6-8-4-2-1-3-5-8/h1,3-4,7-8,13H,2,5-6,9-11H2,(H,17,19,20);1-5,7H,6H2,(H,12,13,14). The van der Waals surface area contributed by atoms with Crippen molar-refractivity contribution in [3.63, 3.8) is 0 Å². The van der Waals surface area contributed by atoms with E-state index in [9.17, 15) is 9.59 Å². The molecule has 0 radical (unpaired) electrons. The fourth-order valence-corrected chi connectivity index (χ4v) is 5.31. The Morgan fingerprint density at radius 3 is 1.89 bits per heavy atom. The van der Waals surface area contributed by atoms with E-state index in [-0.39, 0.29) is 11.8 Å². The van der Waals surface area contributed by atoms with Crippen LogP contribution in [0.15, 0.2) is 66.2 Å². The normalized spacial score (nSPS) is 13.3. The van der Waals surface area contributed by atoms with E-state index < -0.39 is 0 Å². The summed E-state index contributed by atoms with van der Waals surface area (Å²) in [6, 6.07) is 19.3. The van der Waals surface area contributed by atoms with Crippen LogP contribution in [0.1, 0.15) is 54.2 Å². The molecule has 10 heteroatoms. The van der Waals surface area contributed by atoms with Crippen molar-refractivity contribution in [2.24, 2.45) is 0 Å². The molecule has 2 N–H and O–H groups in total. The Balaban J connectivity index is 0.000000179. The van der Waals surface area contributed by atoms with E-state index in [0.29, 0.717) is 29.0 Å². The Labute approximate surface area is 218 Å². The quantitative estimate of drug-likeness (QED) is 0.334. The van der Waals surface area contributed by atoms with Gasteiger partial charge in [0.1, 0.15) is 10.5 Å². The van der Waals surface area contributed by atoms with E-state index in [2.05, 4.69) is 31.0 Å². The van der Waals surface area contributed by atoms with Crippen LogP contribution in [0.4, 0.5) is 10.3 Å². The average Bonchev–Trinajstić information content (AvgIpc) is 3.58. The number of nitrogens with zero attached hydrogens (tertiary/aromatic N) is 4. The highest BCUT2D eigenvalue weighted by atomic mass is 32.1. The molecule has 186 valence electrons. The Hall–Kier alpha value is -3.50. The van der Waals surface area contributed by atoms with Crippen LogP contribution in [0, 0.1) is 0 Å². The molecule has 4 aromatic rings. The summed E-state index contributed by atoms with van der Waals surface area (Å²) in [6.45, 7) is 0. The minimum atomic E-state index is -0.0713. The monoisotopic (exact) mass is 520 g/mol. The predicted molar refractivity (Wildman–Crippen MR) is 143 cm³/mol. The van der Waals surface area contributed by atoms with E-state index in [4.69, 9.17) is 0 Å². The van der Waals surface area contributed by atoms with E-state index in [1.807, 2.05) is 60.7 Å². The molecule has 0 atom stereocenters. The van der Waals surface area contributed by atoms with Gasteiger partial charge in [-0.1, -0.05) is 103 Å². The topological polar surface area (TPSA) is 110 Å². The van der Waals surface area contributed by atoms with Crippen LogP contribution in [0.3, 0.4) is 0 Å². The number of carbonyl (C=O) groups excluding carboxylic acids is 2. The van der Waals surface area contributed by atoms with Gasteiger partial charge in [0.2, 0.25) is 22.1 Å².